The van der Waals surface area contributed by atoms with E-state index in [0.29, 0.717) is 5.69 Å². The molecule has 0 fully saturated rings. The van der Waals surface area contributed by atoms with Gasteiger partial charge in [0.05, 0.1) is 5.69 Å². The molecule has 1 aromatic rings. The van der Waals surface area contributed by atoms with Crippen molar-refractivity contribution in [3.8, 4) is 0 Å². The molecule has 1 heterocycles. The Morgan fingerprint density at radius 2 is 2.07 bits per heavy atom. The Bertz CT molecular complexity index is 508. The van der Waals surface area contributed by atoms with Crippen LogP contribution in [0, 0.1) is 6.92 Å². The molecule has 0 aliphatic carbocycles. The number of sulfonamides is 1. The summed E-state index contributed by atoms with van der Waals surface area (Å²) in [6, 6.07) is 5.05. The quantitative estimate of drug-likeness (QED) is 0.650. The zero-order valence-corrected chi connectivity index (χ0v) is 9.00. The maximum atomic E-state index is 11.6. The Balaban J connectivity index is 2.69. The Labute approximate surface area is 87.4 Å². The minimum Gasteiger partial charge on any atom is -0.331 e. The fourth-order valence-electron chi connectivity index (χ4n) is 1.30. The normalized spacial score (nSPS) is 17.9. The molecule has 0 amide bonds. The number of nitrogens with one attached hydrogen (secondary N) is 2. The largest absolute Gasteiger partial charge is 0.331 e. The monoisotopic (exact) mass is 228 g/mol. The van der Waals surface area contributed by atoms with Gasteiger partial charge in [0, 0.05) is 0 Å². The van der Waals surface area contributed by atoms with Gasteiger partial charge in [-0.2, -0.15) is 0 Å². The summed E-state index contributed by atoms with van der Waals surface area (Å²) in [6.45, 7) is 1.89. The third kappa shape index (κ3) is 1.46. The van der Waals surface area contributed by atoms with E-state index in [-0.39, 0.29) is 10.0 Å². The van der Waals surface area contributed by atoms with Gasteiger partial charge in [0.1, 0.15) is 4.90 Å². The molecule has 0 radical (unpaired) electrons. The van der Waals surface area contributed by atoms with E-state index in [1.807, 2.05) is 6.92 Å². The smallest absolute Gasteiger partial charge is 0.265 e. The highest BCUT2D eigenvalue weighted by Gasteiger charge is 2.24. The van der Waals surface area contributed by atoms with Crippen LogP contribution in [-0.4, -0.2) is 13.5 Å². The number of fused-ring (bicyclic) bond motifs is 1. The second-order valence-electron chi connectivity index (χ2n) is 3.06. The van der Waals surface area contributed by atoms with Gasteiger partial charge in [0.25, 0.3) is 10.0 Å². The molecule has 0 spiro atoms. The van der Waals surface area contributed by atoms with Crippen molar-refractivity contribution in [1.82, 2.24) is 4.72 Å². The summed E-state index contributed by atoms with van der Waals surface area (Å²) in [6.07, 6.45) is 0. The van der Waals surface area contributed by atoms with E-state index < -0.39 is 10.0 Å². The molecule has 0 unspecified atom stereocenters. The zero-order chi connectivity index (χ0) is 10.3. The van der Waals surface area contributed by atoms with Gasteiger partial charge in [-0.15, -0.1) is 0 Å². The summed E-state index contributed by atoms with van der Waals surface area (Å²) < 4.78 is 25.3. The predicted octanol–water partition coefficient (Wildman–Crippen LogP) is 0.984. The molecule has 0 aromatic heterocycles. The maximum Gasteiger partial charge on any atom is 0.265 e. The summed E-state index contributed by atoms with van der Waals surface area (Å²) in [5, 5.41) is 2.91. The topological polar surface area (TPSA) is 58.2 Å². The summed E-state index contributed by atoms with van der Waals surface area (Å²) in [7, 11) is -3.46. The molecule has 1 aromatic carbocycles. The lowest BCUT2D eigenvalue weighted by atomic mass is 10.2. The van der Waals surface area contributed by atoms with Gasteiger partial charge in [0.2, 0.25) is 0 Å². The van der Waals surface area contributed by atoms with Crippen LogP contribution in [0.15, 0.2) is 23.1 Å². The van der Waals surface area contributed by atoms with E-state index >= 15 is 0 Å². The van der Waals surface area contributed by atoms with Gasteiger partial charge >= 0.3 is 0 Å². The second kappa shape index (κ2) is 2.93. The van der Waals surface area contributed by atoms with Crippen LogP contribution in [0.4, 0.5) is 5.69 Å². The van der Waals surface area contributed by atoms with Crippen molar-refractivity contribution in [2.45, 2.75) is 11.8 Å². The molecule has 1 aliphatic heterocycles. The van der Waals surface area contributed by atoms with E-state index in [1.165, 1.54) is 0 Å². The number of anilines is 1. The minimum atomic E-state index is -3.46. The molecule has 2 rings (SSSR count). The Morgan fingerprint density at radius 3 is 2.79 bits per heavy atom. The lowest BCUT2D eigenvalue weighted by molar-refractivity contribution is 0.592. The molecular weight excluding hydrogens is 220 g/mol. The van der Waals surface area contributed by atoms with Gasteiger partial charge in [-0.25, -0.2) is 8.42 Å². The number of hydrogen-bond donors (Lipinski definition) is 2. The average Bonchev–Trinajstić information content (AvgIpc) is 2.00. The van der Waals surface area contributed by atoms with Crippen molar-refractivity contribution >= 4 is 33.0 Å². The molecule has 0 bridgehead atoms. The van der Waals surface area contributed by atoms with Crippen LogP contribution in [0.3, 0.4) is 0 Å². The minimum absolute atomic E-state index is 0.114. The van der Waals surface area contributed by atoms with E-state index in [9.17, 15) is 8.42 Å². The van der Waals surface area contributed by atoms with Crippen LogP contribution >= 0.6 is 12.2 Å². The Morgan fingerprint density at radius 1 is 1.36 bits per heavy atom. The third-order valence-corrected chi connectivity index (χ3v) is 3.64. The SMILES string of the molecule is Cc1ccc2c(c1)NC(=S)NS2(=O)=O. The molecule has 6 heteroatoms. The third-order valence-electron chi connectivity index (χ3n) is 1.90. The first kappa shape index (κ1) is 9.42. The summed E-state index contributed by atoms with van der Waals surface area (Å²) >= 11 is 4.77. The fraction of sp³-hybridized carbons (Fsp3) is 0.125. The molecule has 14 heavy (non-hydrogen) atoms. The van der Waals surface area contributed by atoms with Crippen LogP contribution in [0.2, 0.25) is 0 Å². The van der Waals surface area contributed by atoms with Crippen molar-refractivity contribution in [3.63, 3.8) is 0 Å². The van der Waals surface area contributed by atoms with Crippen molar-refractivity contribution in [2.75, 3.05) is 5.32 Å². The van der Waals surface area contributed by atoms with Gasteiger partial charge in [-0.1, -0.05) is 6.07 Å². The van der Waals surface area contributed by atoms with E-state index in [1.54, 1.807) is 18.2 Å². The summed E-state index contributed by atoms with van der Waals surface area (Å²) in [4.78, 5) is 0.233. The molecule has 0 atom stereocenters. The first-order chi connectivity index (χ1) is 6.49. The zero-order valence-electron chi connectivity index (χ0n) is 7.37. The highest BCUT2D eigenvalue weighted by atomic mass is 32.2. The van der Waals surface area contributed by atoms with Gasteiger partial charge in [-0.05, 0) is 36.8 Å². The highest BCUT2D eigenvalue weighted by Crippen LogP contribution is 2.25. The fourth-order valence-corrected chi connectivity index (χ4v) is 2.79. The second-order valence-corrected chi connectivity index (χ2v) is 5.12. The number of aryl methyl sites for hydroxylation is 1. The molecule has 4 nitrogen and oxygen atoms in total. The highest BCUT2D eigenvalue weighted by molar-refractivity contribution is 7.92. The van der Waals surface area contributed by atoms with Crippen LogP contribution in [0.25, 0.3) is 0 Å². The van der Waals surface area contributed by atoms with E-state index in [4.69, 9.17) is 12.2 Å². The summed E-state index contributed by atoms with van der Waals surface area (Å²) in [5.74, 6) is 0. The van der Waals surface area contributed by atoms with Gasteiger partial charge in [-0.3, -0.25) is 4.72 Å². The number of thiocarbonyl (C=S) groups is 1. The lowest BCUT2D eigenvalue weighted by Gasteiger charge is -2.20. The average molecular weight is 228 g/mol. The molecule has 0 saturated heterocycles. The molecule has 2 N–H and O–H groups in total. The number of benzene rings is 1. The van der Waals surface area contributed by atoms with Crippen LogP contribution < -0.4 is 10.0 Å². The van der Waals surface area contributed by atoms with Crippen LogP contribution in [-0.2, 0) is 10.0 Å². The van der Waals surface area contributed by atoms with E-state index in [0.717, 1.165) is 5.56 Å². The Kier molecular flexibility index (Phi) is 1.97. The first-order valence-corrected chi connectivity index (χ1v) is 5.83. The number of hydrogen-bond acceptors (Lipinski definition) is 3. The first-order valence-electron chi connectivity index (χ1n) is 3.93. The van der Waals surface area contributed by atoms with Crippen LogP contribution in [0.5, 0.6) is 0 Å². The molecule has 1 aliphatic rings. The van der Waals surface area contributed by atoms with Crippen molar-refractivity contribution in [1.29, 1.82) is 0 Å². The van der Waals surface area contributed by atoms with Crippen molar-refractivity contribution in [2.24, 2.45) is 0 Å². The maximum absolute atomic E-state index is 11.6. The van der Waals surface area contributed by atoms with Gasteiger partial charge in [0.15, 0.2) is 5.11 Å². The van der Waals surface area contributed by atoms with E-state index in [2.05, 4.69) is 10.0 Å². The van der Waals surface area contributed by atoms with Crippen molar-refractivity contribution in [3.05, 3.63) is 23.8 Å². The molecule has 74 valence electrons. The summed E-state index contributed by atoms with van der Waals surface area (Å²) in [5.41, 5.74) is 1.52. The molecule has 0 saturated carbocycles. The lowest BCUT2D eigenvalue weighted by Crippen LogP contribution is -2.39. The molecular formula is C8H8N2O2S2. The van der Waals surface area contributed by atoms with Crippen molar-refractivity contribution < 1.29 is 8.42 Å². The Hall–Kier alpha value is -1.14. The standard InChI is InChI=1S/C8H8N2O2S2/c1-5-2-3-7-6(4-5)9-8(13)10-14(7,11)12/h2-4H,1H3,(H2,9,10,13). The number of rotatable bonds is 0. The van der Waals surface area contributed by atoms with Gasteiger partial charge < -0.3 is 5.32 Å². The predicted molar refractivity (Wildman–Crippen MR) is 57.7 cm³/mol. The van der Waals surface area contributed by atoms with Crippen LogP contribution in [0.1, 0.15) is 5.56 Å².